The highest BCUT2D eigenvalue weighted by Gasteiger charge is 2.11. The van der Waals surface area contributed by atoms with E-state index in [1.54, 1.807) is 0 Å². The molecule has 0 spiro atoms. The maximum Gasteiger partial charge on any atom is 0.108 e. The second-order valence-electron chi connectivity index (χ2n) is 15.2. The molecule has 0 bridgehead atoms. The van der Waals surface area contributed by atoms with Crippen molar-refractivity contribution >= 4 is 9.24 Å². The van der Waals surface area contributed by atoms with Crippen LogP contribution in [0.3, 0.4) is 0 Å². The first-order chi connectivity index (χ1) is 29.0. The van der Waals surface area contributed by atoms with Gasteiger partial charge in [0.15, 0.2) is 0 Å². The summed E-state index contributed by atoms with van der Waals surface area (Å²) >= 11 is 0. The van der Waals surface area contributed by atoms with Gasteiger partial charge in [-0.05, 0) is 83.0 Å². The Morgan fingerprint density at radius 1 is 0.525 bits per heavy atom. The minimum absolute atomic E-state index is 0.109. The van der Waals surface area contributed by atoms with E-state index >= 15 is 0 Å². The molecule has 0 amide bonds. The van der Waals surface area contributed by atoms with Crippen molar-refractivity contribution in [2.45, 2.75) is 82.6 Å². The van der Waals surface area contributed by atoms with Crippen LogP contribution in [0.2, 0.25) is 0 Å². The number of benzene rings is 5. The lowest BCUT2D eigenvalue weighted by atomic mass is 9.98. The molecule has 11 heteroatoms. The predicted molar refractivity (Wildman–Crippen MR) is 238 cm³/mol. The molecule has 4 atom stereocenters. The molecule has 2 heterocycles. The summed E-state index contributed by atoms with van der Waals surface area (Å²) in [5.74, 6) is 0.111. The van der Waals surface area contributed by atoms with Crippen LogP contribution in [0.5, 0.6) is 0 Å². The van der Waals surface area contributed by atoms with Crippen molar-refractivity contribution in [1.82, 2.24) is 35.3 Å². The van der Waals surface area contributed by atoms with Gasteiger partial charge in [-0.25, -0.2) is 0 Å². The summed E-state index contributed by atoms with van der Waals surface area (Å²) in [6, 6.07) is 46.2. The molecular formula is C48H56N9OP. The number of ether oxygens (including phenoxy) is 1. The highest BCUT2D eigenvalue weighted by atomic mass is 31.0. The monoisotopic (exact) mass is 805 g/mol. The number of hydrogen-bond acceptors (Lipinski definition) is 8. The first-order valence-electron chi connectivity index (χ1n) is 20.7. The van der Waals surface area contributed by atoms with E-state index in [4.69, 9.17) is 16.2 Å². The summed E-state index contributed by atoms with van der Waals surface area (Å²) in [5.41, 5.74) is 24.3. The zero-order valence-corrected chi connectivity index (χ0v) is 34.8. The van der Waals surface area contributed by atoms with Crippen LogP contribution in [-0.4, -0.2) is 36.6 Å². The van der Waals surface area contributed by atoms with Crippen LogP contribution in [0.4, 0.5) is 0 Å². The van der Waals surface area contributed by atoms with Crippen molar-refractivity contribution in [3.8, 4) is 0 Å². The molecule has 5 aromatic carbocycles. The van der Waals surface area contributed by atoms with Crippen LogP contribution in [0.25, 0.3) is 0 Å². The van der Waals surface area contributed by atoms with Gasteiger partial charge in [-0.1, -0.05) is 144 Å². The minimum Gasteiger partial charge on any atom is -0.375 e. The highest BCUT2D eigenvalue weighted by Crippen LogP contribution is 2.23. The average molecular weight is 806 g/mol. The minimum atomic E-state index is -0.109. The van der Waals surface area contributed by atoms with Gasteiger partial charge in [0.1, 0.15) is 5.69 Å². The standard InChI is InChI=1S/C48H56N9OP/c49-46(39-13-3-1-4-14-39)41-23-17-36(18-24-41)10-7-29-56-33-44(52-54-56)32-51-48(59)43-27-21-38(22-28-43)12-9-31-58-35-45-34-57(55-53-45)30-8-11-37-19-25-42(26-20-37)47(50)40-15-5-2-6-16-40/h1-6,13-28,33-34,46-48,51H,7-12,29-32,35,49-50,59H2/t46-,47-,48-/m0/s1. The number of nitrogens with one attached hydrogen (secondary N) is 1. The number of nitrogens with two attached hydrogens (primary N) is 2. The molecule has 0 saturated carbocycles. The second kappa shape index (κ2) is 21.6. The molecule has 1 unspecified atom stereocenters. The molecule has 0 fully saturated rings. The van der Waals surface area contributed by atoms with Gasteiger partial charge in [-0.3, -0.25) is 9.36 Å². The number of aromatic nitrogens is 6. The van der Waals surface area contributed by atoms with Crippen molar-refractivity contribution in [1.29, 1.82) is 0 Å². The second-order valence-corrected chi connectivity index (χ2v) is 15.8. The highest BCUT2D eigenvalue weighted by molar-refractivity contribution is 7.17. The molecule has 2 aromatic heterocycles. The predicted octanol–water partition coefficient (Wildman–Crippen LogP) is 8.04. The number of rotatable bonds is 22. The topological polar surface area (TPSA) is 135 Å². The molecule has 7 rings (SSSR count). The molecule has 0 saturated heterocycles. The zero-order valence-electron chi connectivity index (χ0n) is 33.7. The summed E-state index contributed by atoms with van der Waals surface area (Å²) in [7, 11) is 2.90. The molecule has 0 aliphatic carbocycles. The van der Waals surface area contributed by atoms with E-state index in [-0.39, 0.29) is 17.9 Å². The molecule has 304 valence electrons. The van der Waals surface area contributed by atoms with Crippen LogP contribution in [0.15, 0.2) is 146 Å². The van der Waals surface area contributed by atoms with Crippen LogP contribution in [0.1, 0.15) is 93.0 Å². The normalized spacial score (nSPS) is 13.0. The Bertz CT molecular complexity index is 2260. The first-order valence-corrected chi connectivity index (χ1v) is 21.4. The van der Waals surface area contributed by atoms with E-state index in [2.05, 4.69) is 132 Å². The van der Waals surface area contributed by atoms with E-state index in [1.165, 1.54) is 22.3 Å². The van der Waals surface area contributed by atoms with Gasteiger partial charge in [0.2, 0.25) is 0 Å². The van der Waals surface area contributed by atoms with Crippen molar-refractivity contribution in [2.75, 3.05) is 6.61 Å². The van der Waals surface area contributed by atoms with Crippen molar-refractivity contribution in [3.63, 3.8) is 0 Å². The molecule has 0 radical (unpaired) electrons. The molecule has 0 aliphatic heterocycles. The Kier molecular flexibility index (Phi) is 15.3. The van der Waals surface area contributed by atoms with Crippen molar-refractivity contribution < 1.29 is 4.74 Å². The molecular weight excluding hydrogens is 750 g/mol. The third-order valence-electron chi connectivity index (χ3n) is 10.7. The smallest absolute Gasteiger partial charge is 0.108 e. The van der Waals surface area contributed by atoms with E-state index in [9.17, 15) is 0 Å². The Hall–Kier alpha value is -5.35. The maximum absolute atomic E-state index is 6.46. The fraction of sp³-hybridized carbons (Fsp3) is 0.292. The van der Waals surface area contributed by atoms with Crippen LogP contribution in [-0.2, 0) is 50.2 Å². The van der Waals surface area contributed by atoms with Crippen molar-refractivity contribution in [2.24, 2.45) is 11.5 Å². The van der Waals surface area contributed by atoms with Crippen LogP contribution >= 0.6 is 9.24 Å². The summed E-state index contributed by atoms with van der Waals surface area (Å²) in [5, 5.41) is 20.9. The SMILES string of the molecule is N[C@@H](c1ccccc1)c1ccc(CCCn2cc(CN[C@@H](P)c3ccc(CCCOCc4cn(CCCc5ccc([C@@H](N)c6ccccc6)cc5)nn4)cc3)nn2)cc1. The van der Waals surface area contributed by atoms with Crippen LogP contribution < -0.4 is 16.8 Å². The van der Waals surface area contributed by atoms with Crippen LogP contribution in [0, 0.1) is 0 Å². The van der Waals surface area contributed by atoms with Gasteiger partial charge in [-0.2, -0.15) is 0 Å². The Morgan fingerprint density at radius 3 is 1.46 bits per heavy atom. The van der Waals surface area contributed by atoms with E-state index in [1.807, 2.05) is 58.2 Å². The third kappa shape index (κ3) is 12.6. The molecule has 10 nitrogen and oxygen atoms in total. The summed E-state index contributed by atoms with van der Waals surface area (Å²) in [6.45, 7) is 3.42. The Balaban J connectivity index is 0.737. The fourth-order valence-electron chi connectivity index (χ4n) is 7.20. The summed E-state index contributed by atoms with van der Waals surface area (Å²) in [4.78, 5) is 0. The van der Waals surface area contributed by atoms with Gasteiger partial charge < -0.3 is 21.5 Å². The molecule has 7 aromatic rings. The Morgan fingerprint density at radius 2 is 0.949 bits per heavy atom. The van der Waals surface area contributed by atoms with Gasteiger partial charge in [0.05, 0.1) is 30.6 Å². The van der Waals surface area contributed by atoms with Gasteiger partial charge in [0.25, 0.3) is 0 Å². The third-order valence-corrected chi connectivity index (χ3v) is 11.3. The van der Waals surface area contributed by atoms with E-state index < -0.39 is 0 Å². The quantitative estimate of drug-likeness (QED) is 0.0463. The largest absolute Gasteiger partial charge is 0.375 e. The maximum atomic E-state index is 6.46. The van der Waals surface area contributed by atoms with E-state index in [0.717, 1.165) is 85.3 Å². The number of nitrogens with zero attached hydrogens (tertiary/aromatic N) is 6. The zero-order chi connectivity index (χ0) is 40.7. The lowest BCUT2D eigenvalue weighted by Gasteiger charge is -2.13. The fourth-order valence-corrected chi connectivity index (χ4v) is 7.54. The van der Waals surface area contributed by atoms with Gasteiger partial charge in [0, 0.05) is 38.2 Å². The number of hydrogen-bond donors (Lipinski definition) is 3. The summed E-state index contributed by atoms with van der Waals surface area (Å²) in [6.07, 6.45) is 9.83. The molecule has 59 heavy (non-hydrogen) atoms. The van der Waals surface area contributed by atoms with Gasteiger partial charge >= 0.3 is 0 Å². The van der Waals surface area contributed by atoms with Crippen molar-refractivity contribution in [3.05, 3.63) is 202 Å². The lowest BCUT2D eigenvalue weighted by molar-refractivity contribution is 0.116. The van der Waals surface area contributed by atoms with Gasteiger partial charge in [-0.15, -0.1) is 19.4 Å². The lowest BCUT2D eigenvalue weighted by Crippen LogP contribution is -2.16. The molecule has 0 aliphatic rings. The summed E-state index contributed by atoms with van der Waals surface area (Å²) < 4.78 is 9.78. The average Bonchev–Trinajstić information content (AvgIpc) is 3.95. The van der Waals surface area contributed by atoms with E-state index in [0.29, 0.717) is 19.8 Å². The molecule has 5 N–H and O–H groups in total. The Labute approximate surface area is 350 Å². The first kappa shape index (κ1) is 41.8. The number of aryl methyl sites for hydroxylation is 5.